The molecule has 2 aromatic carbocycles. The van der Waals surface area contributed by atoms with Gasteiger partial charge in [-0.25, -0.2) is 0 Å². The highest BCUT2D eigenvalue weighted by atomic mass is 16.6. The number of carbonyl (C=O) groups excluding carboxylic acids is 1. The van der Waals surface area contributed by atoms with Gasteiger partial charge in [-0.3, -0.25) is 14.9 Å². The monoisotopic (exact) mass is 339 g/mol. The van der Waals surface area contributed by atoms with Crippen molar-refractivity contribution in [3.8, 4) is 0 Å². The van der Waals surface area contributed by atoms with Gasteiger partial charge in [0.15, 0.2) is 0 Å². The van der Waals surface area contributed by atoms with Gasteiger partial charge >= 0.3 is 0 Å². The SMILES string of the molecule is O=C(Cc1cc2ccccc2o1)NCCNc1ccccc1[N+](=O)[O-]. The van der Waals surface area contributed by atoms with Gasteiger partial charge in [-0.1, -0.05) is 30.3 Å². The zero-order valence-corrected chi connectivity index (χ0v) is 13.4. The molecule has 25 heavy (non-hydrogen) atoms. The third-order valence-electron chi connectivity index (χ3n) is 3.67. The number of para-hydroxylation sites is 3. The number of carbonyl (C=O) groups is 1. The molecule has 3 rings (SSSR count). The molecule has 0 unspecified atom stereocenters. The van der Waals surface area contributed by atoms with Crippen LogP contribution in [-0.2, 0) is 11.2 Å². The quantitative estimate of drug-likeness (QED) is 0.391. The van der Waals surface area contributed by atoms with E-state index in [1.165, 1.54) is 6.07 Å². The molecule has 0 spiro atoms. The summed E-state index contributed by atoms with van der Waals surface area (Å²) in [6.07, 6.45) is 0.153. The van der Waals surface area contributed by atoms with Crippen LogP contribution in [0.25, 0.3) is 11.0 Å². The van der Waals surface area contributed by atoms with E-state index >= 15 is 0 Å². The molecule has 3 aromatic rings. The molecule has 1 aromatic heterocycles. The molecule has 0 saturated heterocycles. The van der Waals surface area contributed by atoms with E-state index in [0.717, 1.165) is 11.0 Å². The fourth-order valence-corrected chi connectivity index (χ4v) is 2.53. The molecule has 128 valence electrons. The number of nitrogens with one attached hydrogen (secondary N) is 2. The van der Waals surface area contributed by atoms with Crippen molar-refractivity contribution in [2.45, 2.75) is 6.42 Å². The summed E-state index contributed by atoms with van der Waals surface area (Å²) in [5.74, 6) is 0.439. The number of nitro groups is 1. The van der Waals surface area contributed by atoms with Gasteiger partial charge in [0.1, 0.15) is 17.0 Å². The van der Waals surface area contributed by atoms with Crippen LogP contribution in [0.4, 0.5) is 11.4 Å². The maximum absolute atomic E-state index is 12.0. The molecule has 1 heterocycles. The van der Waals surface area contributed by atoms with Crippen molar-refractivity contribution in [2.24, 2.45) is 0 Å². The lowest BCUT2D eigenvalue weighted by atomic mass is 10.2. The van der Waals surface area contributed by atoms with Gasteiger partial charge in [0.05, 0.1) is 11.3 Å². The van der Waals surface area contributed by atoms with Crippen LogP contribution in [0.1, 0.15) is 5.76 Å². The molecule has 7 nitrogen and oxygen atoms in total. The number of furan rings is 1. The first kappa shape index (κ1) is 16.5. The van der Waals surface area contributed by atoms with Crippen LogP contribution in [-0.4, -0.2) is 23.9 Å². The third kappa shape index (κ3) is 4.14. The average Bonchev–Trinajstić information content (AvgIpc) is 3.01. The van der Waals surface area contributed by atoms with E-state index in [9.17, 15) is 14.9 Å². The fraction of sp³-hybridized carbons (Fsp3) is 0.167. The van der Waals surface area contributed by atoms with Gasteiger partial charge in [-0.15, -0.1) is 0 Å². The Morgan fingerprint density at radius 2 is 1.84 bits per heavy atom. The predicted octanol–water partition coefficient (Wildman–Crippen LogP) is 3.11. The Morgan fingerprint density at radius 1 is 1.08 bits per heavy atom. The summed E-state index contributed by atoms with van der Waals surface area (Å²) in [5.41, 5.74) is 1.19. The predicted molar refractivity (Wildman–Crippen MR) is 94.5 cm³/mol. The lowest BCUT2D eigenvalue weighted by molar-refractivity contribution is -0.384. The third-order valence-corrected chi connectivity index (χ3v) is 3.67. The summed E-state index contributed by atoms with van der Waals surface area (Å²) in [7, 11) is 0. The van der Waals surface area contributed by atoms with Gasteiger partial charge < -0.3 is 15.1 Å². The second kappa shape index (κ2) is 7.48. The standard InChI is InChI=1S/C18H17N3O4/c22-18(12-14-11-13-5-1-4-8-17(13)25-14)20-10-9-19-15-6-2-3-7-16(15)21(23)24/h1-8,11,19H,9-10,12H2,(H,20,22). The number of hydrogen-bond acceptors (Lipinski definition) is 5. The molecule has 2 N–H and O–H groups in total. The van der Waals surface area contributed by atoms with Crippen LogP contribution in [0, 0.1) is 10.1 Å². The summed E-state index contributed by atoms with van der Waals surface area (Å²) < 4.78 is 5.60. The van der Waals surface area contributed by atoms with Crippen molar-refractivity contribution in [1.82, 2.24) is 5.32 Å². The van der Waals surface area contributed by atoms with Crippen LogP contribution in [0.5, 0.6) is 0 Å². The Bertz CT molecular complexity index is 871. The highest BCUT2D eigenvalue weighted by molar-refractivity contribution is 5.82. The van der Waals surface area contributed by atoms with E-state index in [4.69, 9.17) is 4.42 Å². The second-order valence-corrected chi connectivity index (χ2v) is 5.48. The smallest absolute Gasteiger partial charge is 0.292 e. The summed E-state index contributed by atoms with van der Waals surface area (Å²) in [4.78, 5) is 22.5. The summed E-state index contributed by atoms with van der Waals surface area (Å²) in [6, 6.07) is 15.8. The number of anilines is 1. The largest absolute Gasteiger partial charge is 0.461 e. The molecule has 1 amide bonds. The van der Waals surface area contributed by atoms with Crippen molar-refractivity contribution in [3.63, 3.8) is 0 Å². The Hall–Kier alpha value is -3.35. The molecular formula is C18H17N3O4. The minimum absolute atomic E-state index is 0.0103. The van der Waals surface area contributed by atoms with E-state index in [2.05, 4.69) is 10.6 Å². The zero-order valence-electron chi connectivity index (χ0n) is 13.4. The molecule has 7 heteroatoms. The number of nitrogens with zero attached hydrogens (tertiary/aromatic N) is 1. The fourth-order valence-electron chi connectivity index (χ4n) is 2.53. The van der Waals surface area contributed by atoms with Gasteiger partial charge in [-0.05, 0) is 18.2 Å². The highest BCUT2D eigenvalue weighted by Crippen LogP contribution is 2.22. The lowest BCUT2D eigenvalue weighted by Gasteiger charge is -2.08. The normalized spacial score (nSPS) is 10.6. The topological polar surface area (TPSA) is 97.4 Å². The molecule has 0 aliphatic carbocycles. The number of nitro benzene ring substituents is 1. The van der Waals surface area contributed by atoms with E-state index in [0.29, 0.717) is 24.5 Å². The van der Waals surface area contributed by atoms with Crippen LogP contribution in [0.15, 0.2) is 59.0 Å². The molecule has 0 atom stereocenters. The average molecular weight is 339 g/mol. The van der Waals surface area contributed by atoms with Gasteiger partial charge in [0.25, 0.3) is 5.69 Å². The van der Waals surface area contributed by atoms with E-state index in [1.54, 1.807) is 18.2 Å². The Labute approximate surface area is 143 Å². The summed E-state index contributed by atoms with van der Waals surface area (Å²) >= 11 is 0. The number of amides is 1. The number of fused-ring (bicyclic) bond motifs is 1. The first-order valence-corrected chi connectivity index (χ1v) is 7.85. The van der Waals surface area contributed by atoms with E-state index in [1.807, 2.05) is 30.3 Å². The van der Waals surface area contributed by atoms with Crippen LogP contribution in [0.3, 0.4) is 0 Å². The molecule has 0 aliphatic heterocycles. The number of rotatable bonds is 7. The Morgan fingerprint density at radius 3 is 2.64 bits per heavy atom. The first-order valence-electron chi connectivity index (χ1n) is 7.85. The van der Waals surface area contributed by atoms with Crippen molar-refractivity contribution in [3.05, 3.63) is 70.5 Å². The van der Waals surface area contributed by atoms with Crippen molar-refractivity contribution >= 4 is 28.3 Å². The van der Waals surface area contributed by atoms with Gasteiger partial charge in [0, 0.05) is 24.5 Å². The van der Waals surface area contributed by atoms with Crippen LogP contribution in [0.2, 0.25) is 0 Å². The Balaban J connectivity index is 1.47. The maximum Gasteiger partial charge on any atom is 0.292 e. The Kier molecular flexibility index (Phi) is 4.94. The maximum atomic E-state index is 12.0. The summed E-state index contributed by atoms with van der Waals surface area (Å²) in [5, 5.41) is 17.6. The molecule has 0 radical (unpaired) electrons. The molecule has 0 fully saturated rings. The molecule has 0 aliphatic rings. The molecule has 0 saturated carbocycles. The van der Waals surface area contributed by atoms with Gasteiger partial charge in [-0.2, -0.15) is 0 Å². The lowest BCUT2D eigenvalue weighted by Crippen LogP contribution is -2.30. The number of benzene rings is 2. The van der Waals surface area contributed by atoms with Crippen molar-refractivity contribution < 1.29 is 14.1 Å². The zero-order chi connectivity index (χ0) is 17.6. The highest BCUT2D eigenvalue weighted by Gasteiger charge is 2.12. The minimum Gasteiger partial charge on any atom is -0.461 e. The summed E-state index contributed by atoms with van der Waals surface area (Å²) in [6.45, 7) is 0.738. The second-order valence-electron chi connectivity index (χ2n) is 5.48. The van der Waals surface area contributed by atoms with E-state index < -0.39 is 4.92 Å². The first-order chi connectivity index (χ1) is 12.1. The molecule has 0 bridgehead atoms. The van der Waals surface area contributed by atoms with E-state index in [-0.39, 0.29) is 18.0 Å². The molecular weight excluding hydrogens is 322 g/mol. The van der Waals surface area contributed by atoms with Gasteiger partial charge in [0.2, 0.25) is 5.91 Å². The van der Waals surface area contributed by atoms with Crippen molar-refractivity contribution in [1.29, 1.82) is 0 Å². The van der Waals surface area contributed by atoms with Crippen LogP contribution < -0.4 is 10.6 Å². The van der Waals surface area contributed by atoms with Crippen LogP contribution >= 0.6 is 0 Å². The van der Waals surface area contributed by atoms with Crippen molar-refractivity contribution in [2.75, 3.05) is 18.4 Å². The number of hydrogen-bond donors (Lipinski definition) is 2. The minimum atomic E-state index is -0.442.